The van der Waals surface area contributed by atoms with E-state index in [0.717, 1.165) is 34.0 Å². The van der Waals surface area contributed by atoms with Gasteiger partial charge in [0.1, 0.15) is 11.5 Å². The molecule has 0 aliphatic carbocycles. The van der Waals surface area contributed by atoms with Crippen LogP contribution in [0.1, 0.15) is 0 Å². The van der Waals surface area contributed by atoms with Crippen LogP contribution < -0.4 is 5.32 Å². The fourth-order valence-corrected chi connectivity index (χ4v) is 2.81. The summed E-state index contributed by atoms with van der Waals surface area (Å²) in [5.74, 6) is 2.16. The highest BCUT2D eigenvalue weighted by atomic mass is 15.1. The molecule has 4 aromatic rings. The Hall–Kier alpha value is -3.48. The van der Waals surface area contributed by atoms with Gasteiger partial charge in [0.2, 0.25) is 0 Å². The number of anilines is 2. The van der Waals surface area contributed by atoms with Gasteiger partial charge in [0, 0.05) is 35.9 Å². The zero-order valence-electron chi connectivity index (χ0n) is 11.9. The number of nitrogens with one attached hydrogen (secondary N) is 3. The number of hydrogen-bond acceptors (Lipinski definition) is 5. The quantitative estimate of drug-likeness (QED) is 0.442. The monoisotopic (exact) mass is 301 g/mol. The van der Waals surface area contributed by atoms with E-state index in [0.29, 0.717) is 11.6 Å². The van der Waals surface area contributed by atoms with Gasteiger partial charge in [0.25, 0.3) is 0 Å². The summed E-state index contributed by atoms with van der Waals surface area (Å²) < 4.78 is 0. The van der Waals surface area contributed by atoms with E-state index in [1.165, 1.54) is 0 Å². The molecule has 5 heterocycles. The minimum atomic E-state index is 0.694. The van der Waals surface area contributed by atoms with Gasteiger partial charge in [0.05, 0.1) is 17.6 Å². The summed E-state index contributed by atoms with van der Waals surface area (Å²) >= 11 is 0. The first-order chi connectivity index (χ1) is 11.4. The van der Waals surface area contributed by atoms with E-state index in [1.54, 1.807) is 31.0 Å². The van der Waals surface area contributed by atoms with Gasteiger partial charge >= 0.3 is 0 Å². The molecule has 110 valence electrons. The number of nitrogens with zero attached hydrogens (tertiary/aromatic N) is 4. The average Bonchev–Trinajstić information content (AvgIpc) is 3.23. The second kappa shape index (κ2) is 4.51. The Bertz CT molecular complexity index is 938. The predicted octanol–water partition coefficient (Wildman–Crippen LogP) is 2.98. The Morgan fingerprint density at radius 1 is 0.913 bits per heavy atom. The van der Waals surface area contributed by atoms with Crippen molar-refractivity contribution < 1.29 is 0 Å². The number of hydrogen-bond donors (Lipinski definition) is 3. The molecule has 0 unspecified atom stereocenters. The summed E-state index contributed by atoms with van der Waals surface area (Å²) in [6.45, 7) is 0. The van der Waals surface area contributed by atoms with Crippen molar-refractivity contribution in [3.05, 3.63) is 49.2 Å². The normalized spacial score (nSPS) is 11.8. The SMILES string of the molecule is c1cnc2c(c1)-c1nc(-c3ncc[nH]3)[nH]c1-c1ccncc1N2. The third-order valence-electron chi connectivity index (χ3n) is 3.83. The van der Waals surface area contributed by atoms with E-state index in [2.05, 4.69) is 30.2 Å². The van der Waals surface area contributed by atoms with Crippen molar-refractivity contribution in [1.29, 1.82) is 0 Å². The Labute approximate surface area is 130 Å². The summed E-state index contributed by atoms with van der Waals surface area (Å²) in [5.41, 5.74) is 4.59. The van der Waals surface area contributed by atoms with E-state index in [9.17, 15) is 0 Å². The molecular formula is C16H11N7. The van der Waals surface area contributed by atoms with Crippen LogP contribution in [-0.2, 0) is 0 Å². The molecule has 1 aliphatic rings. The van der Waals surface area contributed by atoms with Crippen LogP contribution in [0.4, 0.5) is 11.5 Å². The highest BCUT2D eigenvalue weighted by Crippen LogP contribution is 2.42. The number of imidazole rings is 2. The molecule has 0 atom stereocenters. The van der Waals surface area contributed by atoms with Crippen LogP contribution in [0.25, 0.3) is 34.2 Å². The van der Waals surface area contributed by atoms with Crippen molar-refractivity contribution in [3.63, 3.8) is 0 Å². The smallest absolute Gasteiger partial charge is 0.174 e. The number of rotatable bonds is 1. The summed E-state index contributed by atoms with van der Waals surface area (Å²) in [5, 5.41) is 3.33. The average molecular weight is 301 g/mol. The maximum Gasteiger partial charge on any atom is 0.174 e. The molecule has 5 rings (SSSR count). The van der Waals surface area contributed by atoms with Crippen molar-refractivity contribution in [3.8, 4) is 34.2 Å². The molecule has 0 amide bonds. The highest BCUT2D eigenvalue weighted by molar-refractivity contribution is 5.94. The van der Waals surface area contributed by atoms with Crippen LogP contribution in [0.5, 0.6) is 0 Å². The zero-order chi connectivity index (χ0) is 15.2. The van der Waals surface area contributed by atoms with Crippen LogP contribution in [0.2, 0.25) is 0 Å². The van der Waals surface area contributed by atoms with E-state index in [4.69, 9.17) is 4.98 Å². The summed E-state index contributed by atoms with van der Waals surface area (Å²) in [6.07, 6.45) is 8.79. The lowest BCUT2D eigenvalue weighted by molar-refractivity contribution is 1.19. The molecule has 0 spiro atoms. The molecule has 0 saturated carbocycles. The third-order valence-corrected chi connectivity index (χ3v) is 3.83. The van der Waals surface area contributed by atoms with Crippen LogP contribution in [0, 0.1) is 0 Å². The van der Waals surface area contributed by atoms with E-state index < -0.39 is 0 Å². The lowest BCUT2D eigenvalue weighted by Crippen LogP contribution is -1.95. The molecule has 4 aromatic heterocycles. The molecule has 7 nitrogen and oxygen atoms in total. The summed E-state index contributed by atoms with van der Waals surface area (Å²) in [7, 11) is 0. The van der Waals surface area contributed by atoms with Crippen molar-refractivity contribution in [2.45, 2.75) is 0 Å². The van der Waals surface area contributed by atoms with Gasteiger partial charge in [-0.15, -0.1) is 0 Å². The predicted molar refractivity (Wildman–Crippen MR) is 85.9 cm³/mol. The van der Waals surface area contributed by atoms with Crippen molar-refractivity contribution in [1.82, 2.24) is 29.9 Å². The molecule has 1 aliphatic heterocycles. The standard InChI is InChI=1S/C16H11N7/c1-2-10-13-12(22-16(23-13)15-19-6-7-20-15)9-3-5-17-8-11(9)21-14(10)18-4-1/h1-8H,(H,18,21)(H,19,20)(H,22,23). The fourth-order valence-electron chi connectivity index (χ4n) is 2.81. The molecular weight excluding hydrogens is 290 g/mol. The van der Waals surface area contributed by atoms with Gasteiger partial charge in [-0.2, -0.15) is 0 Å². The second-order valence-electron chi connectivity index (χ2n) is 5.19. The van der Waals surface area contributed by atoms with Crippen molar-refractivity contribution in [2.75, 3.05) is 5.32 Å². The lowest BCUT2D eigenvalue weighted by Gasteiger charge is -2.07. The second-order valence-corrected chi connectivity index (χ2v) is 5.19. The van der Waals surface area contributed by atoms with Crippen molar-refractivity contribution in [2.24, 2.45) is 0 Å². The third kappa shape index (κ3) is 1.76. The van der Waals surface area contributed by atoms with Crippen LogP contribution in [0.3, 0.4) is 0 Å². The molecule has 3 N–H and O–H groups in total. The van der Waals surface area contributed by atoms with Gasteiger partial charge in [-0.05, 0) is 18.2 Å². The largest absolute Gasteiger partial charge is 0.342 e. The van der Waals surface area contributed by atoms with E-state index in [1.807, 2.05) is 18.2 Å². The number of pyridine rings is 2. The first kappa shape index (κ1) is 12.1. The van der Waals surface area contributed by atoms with E-state index in [-0.39, 0.29) is 0 Å². The zero-order valence-corrected chi connectivity index (χ0v) is 11.9. The topological polar surface area (TPSA) is 95.2 Å². The summed E-state index contributed by atoms with van der Waals surface area (Å²) in [6, 6.07) is 5.86. The molecule has 0 radical (unpaired) electrons. The molecule has 0 fully saturated rings. The van der Waals surface area contributed by atoms with Gasteiger partial charge in [-0.3, -0.25) is 4.98 Å². The van der Waals surface area contributed by atoms with Crippen LogP contribution >= 0.6 is 0 Å². The van der Waals surface area contributed by atoms with Gasteiger partial charge < -0.3 is 15.3 Å². The van der Waals surface area contributed by atoms with Gasteiger partial charge in [-0.25, -0.2) is 15.0 Å². The molecule has 7 heteroatoms. The first-order valence-electron chi connectivity index (χ1n) is 7.17. The number of aromatic amines is 2. The van der Waals surface area contributed by atoms with E-state index >= 15 is 0 Å². The maximum atomic E-state index is 4.74. The van der Waals surface area contributed by atoms with Crippen molar-refractivity contribution >= 4 is 11.5 Å². The van der Waals surface area contributed by atoms with Crippen LogP contribution in [-0.4, -0.2) is 29.9 Å². The number of fused-ring (bicyclic) bond motifs is 5. The Kier molecular flexibility index (Phi) is 2.37. The number of H-pyrrole nitrogens is 2. The fraction of sp³-hybridized carbons (Fsp3) is 0. The molecule has 0 saturated heterocycles. The van der Waals surface area contributed by atoms with Crippen LogP contribution in [0.15, 0.2) is 49.2 Å². The maximum absolute atomic E-state index is 4.74. The molecule has 0 aromatic carbocycles. The minimum absolute atomic E-state index is 0.694. The highest BCUT2D eigenvalue weighted by Gasteiger charge is 2.24. The van der Waals surface area contributed by atoms with Gasteiger partial charge in [-0.1, -0.05) is 0 Å². The number of aromatic nitrogens is 6. The molecule has 23 heavy (non-hydrogen) atoms. The lowest BCUT2D eigenvalue weighted by atomic mass is 10.1. The molecule has 0 bridgehead atoms. The Morgan fingerprint density at radius 2 is 1.91 bits per heavy atom. The van der Waals surface area contributed by atoms with Gasteiger partial charge in [0.15, 0.2) is 11.6 Å². The Balaban J connectivity index is 1.84. The summed E-state index contributed by atoms with van der Waals surface area (Å²) in [4.78, 5) is 24.1. The minimum Gasteiger partial charge on any atom is -0.342 e. The Morgan fingerprint density at radius 3 is 2.83 bits per heavy atom. The first-order valence-corrected chi connectivity index (χ1v) is 7.17.